The number of hydrogen-bond acceptors (Lipinski definition) is 3. The normalized spacial score (nSPS) is 14.8. The van der Waals surface area contributed by atoms with Crippen LogP contribution in [0.3, 0.4) is 0 Å². The predicted molar refractivity (Wildman–Crippen MR) is 75.6 cm³/mol. The lowest BCUT2D eigenvalue weighted by Crippen LogP contribution is -2.29. The van der Waals surface area contributed by atoms with Gasteiger partial charge in [-0.3, -0.25) is 4.79 Å². The molecule has 0 saturated carbocycles. The summed E-state index contributed by atoms with van der Waals surface area (Å²) in [6, 6.07) is 3.54. The summed E-state index contributed by atoms with van der Waals surface area (Å²) >= 11 is 5.80. The van der Waals surface area contributed by atoms with E-state index in [2.05, 4.69) is 15.5 Å². The van der Waals surface area contributed by atoms with Crippen LogP contribution in [0.4, 0.5) is 4.39 Å². The molecule has 110 valence electrons. The van der Waals surface area contributed by atoms with Crippen molar-refractivity contribution in [2.45, 2.75) is 32.4 Å². The molecule has 1 aliphatic rings. The Balaban J connectivity index is 1.79. The molecule has 0 aliphatic carbocycles. The smallest absolute Gasteiger partial charge is 0.254 e. The van der Waals surface area contributed by atoms with Gasteiger partial charge in [-0.15, -0.1) is 10.2 Å². The molecule has 0 bridgehead atoms. The van der Waals surface area contributed by atoms with Crippen LogP contribution < -0.4 is 5.32 Å². The first-order chi connectivity index (χ1) is 10.1. The van der Waals surface area contributed by atoms with E-state index < -0.39 is 11.7 Å². The van der Waals surface area contributed by atoms with Crippen LogP contribution in [0.15, 0.2) is 18.2 Å². The number of amides is 1. The third-order valence-corrected chi connectivity index (χ3v) is 3.78. The molecule has 1 aliphatic heterocycles. The summed E-state index contributed by atoms with van der Waals surface area (Å²) in [4.78, 5) is 12.2. The number of rotatable bonds is 3. The third kappa shape index (κ3) is 2.63. The molecular weight excluding hydrogens is 295 g/mol. The highest BCUT2D eigenvalue weighted by Gasteiger charge is 2.23. The van der Waals surface area contributed by atoms with Crippen molar-refractivity contribution in [1.82, 2.24) is 20.1 Å². The predicted octanol–water partition coefficient (Wildman–Crippen LogP) is 2.51. The van der Waals surface area contributed by atoms with E-state index in [4.69, 9.17) is 11.6 Å². The Morgan fingerprint density at radius 1 is 1.48 bits per heavy atom. The summed E-state index contributed by atoms with van der Waals surface area (Å²) in [6.07, 6.45) is 1.93. The molecule has 2 aromatic rings. The minimum Gasteiger partial charge on any atom is -0.342 e. The molecule has 7 heteroatoms. The Morgan fingerprint density at radius 2 is 2.29 bits per heavy atom. The van der Waals surface area contributed by atoms with Crippen LogP contribution in [0, 0.1) is 5.82 Å². The van der Waals surface area contributed by atoms with Gasteiger partial charge in [-0.25, -0.2) is 4.39 Å². The maximum atomic E-state index is 13.7. The molecular formula is C14H14ClFN4O. The lowest BCUT2D eigenvalue weighted by Gasteiger charge is -2.14. The number of aromatic nitrogens is 3. The van der Waals surface area contributed by atoms with Crippen LogP contribution in [0.1, 0.15) is 41.4 Å². The molecule has 21 heavy (non-hydrogen) atoms. The Bertz CT molecular complexity index is 700. The number of carbonyl (C=O) groups is 1. The number of halogens is 2. The van der Waals surface area contributed by atoms with Gasteiger partial charge in [0.2, 0.25) is 0 Å². The molecule has 0 unspecified atom stereocenters. The summed E-state index contributed by atoms with van der Waals surface area (Å²) in [5, 5.41) is 11.3. The third-order valence-electron chi connectivity index (χ3n) is 3.55. The van der Waals surface area contributed by atoms with Gasteiger partial charge in [0.1, 0.15) is 11.6 Å². The van der Waals surface area contributed by atoms with E-state index in [0.29, 0.717) is 10.8 Å². The van der Waals surface area contributed by atoms with Crippen LogP contribution in [0.5, 0.6) is 0 Å². The number of hydrogen-bond donors (Lipinski definition) is 1. The van der Waals surface area contributed by atoms with Crippen molar-refractivity contribution in [3.05, 3.63) is 46.3 Å². The van der Waals surface area contributed by atoms with Crippen molar-refractivity contribution >= 4 is 17.5 Å². The lowest BCUT2D eigenvalue weighted by molar-refractivity contribution is 0.0933. The van der Waals surface area contributed by atoms with E-state index in [9.17, 15) is 9.18 Å². The van der Waals surface area contributed by atoms with E-state index >= 15 is 0 Å². The van der Waals surface area contributed by atoms with E-state index in [0.717, 1.165) is 25.2 Å². The van der Waals surface area contributed by atoms with Crippen molar-refractivity contribution in [2.24, 2.45) is 0 Å². The van der Waals surface area contributed by atoms with Crippen LogP contribution >= 0.6 is 11.6 Å². The Morgan fingerprint density at radius 3 is 3.10 bits per heavy atom. The molecule has 1 aromatic heterocycles. The molecule has 2 heterocycles. The maximum absolute atomic E-state index is 13.7. The van der Waals surface area contributed by atoms with Gasteiger partial charge in [-0.1, -0.05) is 11.6 Å². The highest BCUT2D eigenvalue weighted by molar-refractivity contribution is 6.31. The van der Waals surface area contributed by atoms with Gasteiger partial charge < -0.3 is 9.88 Å². The van der Waals surface area contributed by atoms with Crippen LogP contribution in [0.2, 0.25) is 5.02 Å². The molecule has 1 amide bonds. The fourth-order valence-corrected chi connectivity index (χ4v) is 2.68. The summed E-state index contributed by atoms with van der Waals surface area (Å²) in [5.74, 6) is 0.506. The number of aryl methyl sites for hydroxylation is 1. The van der Waals surface area contributed by atoms with Gasteiger partial charge in [0.25, 0.3) is 5.91 Å². The van der Waals surface area contributed by atoms with Crippen LogP contribution in [-0.2, 0) is 13.0 Å². The average molecular weight is 309 g/mol. The van der Waals surface area contributed by atoms with Gasteiger partial charge in [-0.05, 0) is 31.5 Å². The van der Waals surface area contributed by atoms with Gasteiger partial charge >= 0.3 is 0 Å². The summed E-state index contributed by atoms with van der Waals surface area (Å²) < 4.78 is 15.7. The molecule has 5 nitrogen and oxygen atoms in total. The zero-order valence-electron chi connectivity index (χ0n) is 11.4. The SMILES string of the molecule is C[C@H](NC(=O)c1cc(Cl)ccc1F)c1nnc2n1CCC2. The highest BCUT2D eigenvalue weighted by atomic mass is 35.5. The van der Waals surface area contributed by atoms with Gasteiger partial charge in [-0.2, -0.15) is 0 Å². The number of benzene rings is 1. The highest BCUT2D eigenvalue weighted by Crippen LogP contribution is 2.20. The Hall–Kier alpha value is -1.95. The molecule has 1 aromatic carbocycles. The van der Waals surface area contributed by atoms with E-state index in [-0.39, 0.29) is 11.6 Å². The number of fused-ring (bicyclic) bond motifs is 1. The topological polar surface area (TPSA) is 59.8 Å². The fraction of sp³-hybridized carbons (Fsp3) is 0.357. The zero-order valence-corrected chi connectivity index (χ0v) is 12.2. The molecule has 0 fully saturated rings. The van der Waals surface area contributed by atoms with Crippen molar-refractivity contribution < 1.29 is 9.18 Å². The molecule has 0 saturated heterocycles. The van der Waals surface area contributed by atoms with Crippen molar-refractivity contribution in [3.63, 3.8) is 0 Å². The summed E-state index contributed by atoms with van der Waals surface area (Å²) in [6.45, 7) is 2.65. The minimum atomic E-state index is -0.601. The van der Waals surface area contributed by atoms with Gasteiger partial charge in [0, 0.05) is 18.0 Å². The first-order valence-electron chi connectivity index (χ1n) is 6.74. The molecule has 0 radical (unpaired) electrons. The molecule has 1 atom stereocenters. The Labute approximate surface area is 126 Å². The second kappa shape index (κ2) is 5.44. The standard InChI is InChI=1S/C14H14ClFN4O/c1-8(13-19-18-12-3-2-6-20(12)13)17-14(21)10-7-9(15)4-5-11(10)16/h4-5,7-8H,2-3,6H2,1H3,(H,17,21)/t8-/m0/s1. The van der Waals surface area contributed by atoms with Gasteiger partial charge in [0.05, 0.1) is 11.6 Å². The summed E-state index contributed by atoms with van der Waals surface area (Å²) in [7, 11) is 0. The van der Waals surface area contributed by atoms with Gasteiger partial charge in [0.15, 0.2) is 5.82 Å². The molecule has 1 N–H and O–H groups in total. The van der Waals surface area contributed by atoms with E-state index in [1.54, 1.807) is 6.92 Å². The van der Waals surface area contributed by atoms with E-state index in [1.165, 1.54) is 18.2 Å². The quantitative estimate of drug-likeness (QED) is 0.947. The van der Waals surface area contributed by atoms with Crippen LogP contribution in [0.25, 0.3) is 0 Å². The second-order valence-electron chi connectivity index (χ2n) is 5.05. The fourth-order valence-electron chi connectivity index (χ4n) is 2.50. The number of nitrogens with zero attached hydrogens (tertiary/aromatic N) is 3. The minimum absolute atomic E-state index is 0.0736. The zero-order chi connectivity index (χ0) is 15.0. The van der Waals surface area contributed by atoms with Crippen molar-refractivity contribution in [1.29, 1.82) is 0 Å². The first kappa shape index (κ1) is 14.0. The lowest BCUT2D eigenvalue weighted by atomic mass is 10.2. The van der Waals surface area contributed by atoms with Crippen molar-refractivity contribution in [2.75, 3.05) is 0 Å². The number of carbonyl (C=O) groups excluding carboxylic acids is 1. The van der Waals surface area contributed by atoms with E-state index in [1.807, 2.05) is 4.57 Å². The van der Waals surface area contributed by atoms with Crippen LogP contribution in [-0.4, -0.2) is 20.7 Å². The molecule has 3 rings (SSSR count). The molecule has 0 spiro atoms. The second-order valence-corrected chi connectivity index (χ2v) is 5.49. The average Bonchev–Trinajstić information content (AvgIpc) is 3.03. The number of nitrogens with one attached hydrogen (secondary N) is 1. The largest absolute Gasteiger partial charge is 0.342 e. The Kier molecular flexibility index (Phi) is 3.63. The van der Waals surface area contributed by atoms with Crippen molar-refractivity contribution in [3.8, 4) is 0 Å². The monoisotopic (exact) mass is 308 g/mol. The summed E-state index contributed by atoms with van der Waals surface area (Å²) in [5.41, 5.74) is -0.0736. The first-order valence-corrected chi connectivity index (χ1v) is 7.12. The maximum Gasteiger partial charge on any atom is 0.254 e.